The number of aromatic nitrogens is 3. The topological polar surface area (TPSA) is 56.7 Å². The lowest BCUT2D eigenvalue weighted by Crippen LogP contribution is -2.05. The molecule has 0 aliphatic rings. The van der Waals surface area contributed by atoms with E-state index < -0.39 is 0 Å². The zero-order valence-electron chi connectivity index (χ0n) is 7.69. The summed E-state index contributed by atoms with van der Waals surface area (Å²) in [6.07, 6.45) is 3.21. The van der Waals surface area contributed by atoms with Gasteiger partial charge in [0.25, 0.3) is 0 Å². The number of nitrogens with zero attached hydrogens (tertiary/aromatic N) is 3. The zero-order valence-corrected chi connectivity index (χ0v) is 9.20. The Balaban J connectivity index is 2.45. The van der Waals surface area contributed by atoms with Gasteiger partial charge < -0.3 is 5.73 Å². The van der Waals surface area contributed by atoms with Crippen molar-refractivity contribution in [1.29, 1.82) is 0 Å². The average Bonchev–Trinajstić information content (AvgIpc) is 2.66. The van der Waals surface area contributed by atoms with Gasteiger partial charge in [-0.05, 0) is 12.1 Å². The predicted octanol–water partition coefficient (Wildman–Crippen LogP) is 2.03. The Morgan fingerprint density at radius 2 is 2.13 bits per heavy atom. The molecule has 0 saturated heterocycles. The van der Waals surface area contributed by atoms with Gasteiger partial charge in [-0.15, -0.1) is 0 Å². The zero-order chi connectivity index (χ0) is 10.8. The Kier molecular flexibility index (Phi) is 2.90. The molecule has 2 aromatic rings. The van der Waals surface area contributed by atoms with Crippen LogP contribution < -0.4 is 5.73 Å². The summed E-state index contributed by atoms with van der Waals surface area (Å²) >= 11 is 11.6. The first-order chi connectivity index (χ1) is 7.20. The molecule has 0 unspecified atom stereocenters. The van der Waals surface area contributed by atoms with Crippen molar-refractivity contribution in [3.8, 4) is 5.82 Å². The van der Waals surface area contributed by atoms with Crippen LogP contribution in [0.3, 0.4) is 0 Å². The molecule has 0 spiro atoms. The van der Waals surface area contributed by atoms with Crippen LogP contribution in [0.25, 0.3) is 5.82 Å². The van der Waals surface area contributed by atoms with Crippen LogP contribution in [0.15, 0.2) is 24.5 Å². The lowest BCUT2D eigenvalue weighted by molar-refractivity contribution is 0.829. The monoisotopic (exact) mass is 242 g/mol. The largest absolute Gasteiger partial charge is 0.325 e. The summed E-state index contributed by atoms with van der Waals surface area (Å²) in [7, 11) is 0. The standard InChI is InChI=1S/C9H8Cl2N4/c10-6-4-13-15(5-6)9-2-1-7(11)8(3-12)14-9/h1-2,4-5H,3,12H2. The molecule has 2 aromatic heterocycles. The number of nitrogens with two attached hydrogens (primary N) is 1. The van der Waals surface area contributed by atoms with E-state index in [1.54, 1.807) is 29.2 Å². The molecule has 0 aliphatic heterocycles. The summed E-state index contributed by atoms with van der Waals surface area (Å²) < 4.78 is 1.57. The Hall–Kier alpha value is -1.10. The van der Waals surface area contributed by atoms with Crippen molar-refractivity contribution < 1.29 is 0 Å². The molecule has 78 valence electrons. The number of pyridine rings is 1. The van der Waals surface area contributed by atoms with Gasteiger partial charge in [-0.3, -0.25) is 0 Å². The van der Waals surface area contributed by atoms with E-state index in [9.17, 15) is 0 Å². The highest BCUT2D eigenvalue weighted by molar-refractivity contribution is 6.31. The summed E-state index contributed by atoms with van der Waals surface area (Å²) in [6, 6.07) is 3.49. The van der Waals surface area contributed by atoms with Crippen LogP contribution >= 0.6 is 23.2 Å². The Bertz CT molecular complexity index is 481. The van der Waals surface area contributed by atoms with E-state index in [1.807, 2.05) is 0 Å². The van der Waals surface area contributed by atoms with Gasteiger partial charge >= 0.3 is 0 Å². The smallest absolute Gasteiger partial charge is 0.153 e. The van der Waals surface area contributed by atoms with Crippen molar-refractivity contribution in [3.05, 3.63) is 40.3 Å². The summed E-state index contributed by atoms with van der Waals surface area (Å²) in [4.78, 5) is 4.26. The van der Waals surface area contributed by atoms with Gasteiger partial charge in [0.1, 0.15) is 0 Å². The summed E-state index contributed by atoms with van der Waals surface area (Å²) in [5.41, 5.74) is 6.14. The molecule has 0 bridgehead atoms. The van der Waals surface area contributed by atoms with Crippen LogP contribution in [0, 0.1) is 0 Å². The van der Waals surface area contributed by atoms with Gasteiger partial charge in [0.2, 0.25) is 0 Å². The second-order valence-corrected chi connectivity index (χ2v) is 3.75. The van der Waals surface area contributed by atoms with Crippen LogP contribution in [0.4, 0.5) is 0 Å². The molecule has 4 nitrogen and oxygen atoms in total. The summed E-state index contributed by atoms with van der Waals surface area (Å²) in [5.74, 6) is 0.645. The maximum atomic E-state index is 5.89. The van der Waals surface area contributed by atoms with Crippen LogP contribution in [0.1, 0.15) is 5.69 Å². The minimum absolute atomic E-state index is 0.293. The molecule has 0 radical (unpaired) electrons. The third kappa shape index (κ3) is 2.12. The minimum atomic E-state index is 0.293. The molecule has 6 heteroatoms. The van der Waals surface area contributed by atoms with Gasteiger partial charge in [0.15, 0.2) is 5.82 Å². The lowest BCUT2D eigenvalue weighted by atomic mass is 10.3. The van der Waals surface area contributed by atoms with E-state index >= 15 is 0 Å². The van der Waals surface area contributed by atoms with Gasteiger partial charge in [0.05, 0.1) is 28.1 Å². The fraction of sp³-hybridized carbons (Fsp3) is 0.111. The molecule has 0 saturated carbocycles. The van der Waals surface area contributed by atoms with Crippen molar-refractivity contribution in [3.63, 3.8) is 0 Å². The average molecular weight is 243 g/mol. The first kappa shape index (κ1) is 10.4. The van der Waals surface area contributed by atoms with Crippen LogP contribution in [0.2, 0.25) is 10.0 Å². The number of rotatable bonds is 2. The SMILES string of the molecule is NCc1nc(-n2cc(Cl)cn2)ccc1Cl. The van der Waals surface area contributed by atoms with Crippen molar-refractivity contribution in [1.82, 2.24) is 14.8 Å². The molecule has 2 rings (SSSR count). The lowest BCUT2D eigenvalue weighted by Gasteiger charge is -2.04. The van der Waals surface area contributed by atoms with E-state index in [4.69, 9.17) is 28.9 Å². The van der Waals surface area contributed by atoms with E-state index in [-0.39, 0.29) is 0 Å². The number of hydrogen-bond donors (Lipinski definition) is 1. The molecule has 2 heterocycles. The fourth-order valence-electron chi connectivity index (χ4n) is 1.17. The predicted molar refractivity (Wildman–Crippen MR) is 59.3 cm³/mol. The normalized spacial score (nSPS) is 10.6. The third-order valence-corrected chi connectivity index (χ3v) is 2.42. The molecule has 0 atom stereocenters. The minimum Gasteiger partial charge on any atom is -0.325 e. The van der Waals surface area contributed by atoms with E-state index in [2.05, 4.69) is 10.1 Å². The van der Waals surface area contributed by atoms with E-state index in [1.165, 1.54) is 0 Å². The van der Waals surface area contributed by atoms with Crippen molar-refractivity contribution in [2.75, 3.05) is 0 Å². The molecule has 2 N–H and O–H groups in total. The summed E-state index contributed by atoms with van der Waals surface area (Å²) in [5, 5.41) is 5.14. The highest BCUT2D eigenvalue weighted by atomic mass is 35.5. The maximum absolute atomic E-state index is 5.89. The fourth-order valence-corrected chi connectivity index (χ4v) is 1.49. The summed E-state index contributed by atoms with van der Waals surface area (Å²) in [6.45, 7) is 0.293. The van der Waals surface area contributed by atoms with Crippen molar-refractivity contribution >= 4 is 23.2 Å². The quantitative estimate of drug-likeness (QED) is 0.877. The van der Waals surface area contributed by atoms with Gasteiger partial charge in [-0.2, -0.15) is 5.10 Å². The molecule has 15 heavy (non-hydrogen) atoms. The molecular weight excluding hydrogens is 235 g/mol. The van der Waals surface area contributed by atoms with Gasteiger partial charge in [0, 0.05) is 6.54 Å². The third-order valence-electron chi connectivity index (χ3n) is 1.88. The van der Waals surface area contributed by atoms with Crippen LogP contribution in [-0.4, -0.2) is 14.8 Å². The van der Waals surface area contributed by atoms with Crippen LogP contribution in [0.5, 0.6) is 0 Å². The Morgan fingerprint density at radius 3 is 2.73 bits per heavy atom. The molecule has 0 aliphatic carbocycles. The van der Waals surface area contributed by atoms with E-state index in [0.29, 0.717) is 28.1 Å². The Morgan fingerprint density at radius 1 is 1.33 bits per heavy atom. The second kappa shape index (κ2) is 4.18. The first-order valence-corrected chi connectivity index (χ1v) is 5.02. The molecular formula is C9H8Cl2N4. The first-order valence-electron chi connectivity index (χ1n) is 4.27. The highest BCUT2D eigenvalue weighted by Gasteiger charge is 2.04. The van der Waals surface area contributed by atoms with E-state index in [0.717, 1.165) is 0 Å². The van der Waals surface area contributed by atoms with Crippen LogP contribution in [-0.2, 0) is 6.54 Å². The van der Waals surface area contributed by atoms with Crippen molar-refractivity contribution in [2.24, 2.45) is 5.73 Å². The van der Waals surface area contributed by atoms with Gasteiger partial charge in [-0.1, -0.05) is 23.2 Å². The second-order valence-electron chi connectivity index (χ2n) is 2.91. The van der Waals surface area contributed by atoms with Gasteiger partial charge in [-0.25, -0.2) is 9.67 Å². The Labute approximate surface area is 96.6 Å². The highest BCUT2D eigenvalue weighted by Crippen LogP contribution is 2.16. The number of halogens is 2. The molecule has 0 fully saturated rings. The maximum Gasteiger partial charge on any atom is 0.153 e. The molecule has 0 aromatic carbocycles. The number of hydrogen-bond acceptors (Lipinski definition) is 3. The molecule has 0 amide bonds. The van der Waals surface area contributed by atoms with Crippen molar-refractivity contribution in [2.45, 2.75) is 6.54 Å².